The van der Waals surface area contributed by atoms with Gasteiger partial charge in [-0.15, -0.1) is 23.5 Å². The Labute approximate surface area is 138 Å². The third-order valence-corrected chi connectivity index (χ3v) is 5.77. The van der Waals surface area contributed by atoms with Crippen LogP contribution in [0.2, 0.25) is 0 Å². The van der Waals surface area contributed by atoms with Crippen LogP contribution < -0.4 is 4.90 Å². The molecule has 4 nitrogen and oxygen atoms in total. The molecular formula is C16H17NO3S2. The summed E-state index contributed by atoms with van der Waals surface area (Å²) < 4.78 is 0.616. The van der Waals surface area contributed by atoms with Crippen LogP contribution in [0.1, 0.15) is 5.56 Å². The Morgan fingerprint density at radius 3 is 2.23 bits per heavy atom. The van der Waals surface area contributed by atoms with Crippen molar-refractivity contribution in [3.05, 3.63) is 45.7 Å². The van der Waals surface area contributed by atoms with Gasteiger partial charge in [-0.3, -0.25) is 4.79 Å². The summed E-state index contributed by atoms with van der Waals surface area (Å²) in [4.78, 5) is 25.5. The second-order valence-corrected chi connectivity index (χ2v) is 7.32. The lowest BCUT2D eigenvalue weighted by atomic mass is 10.1. The van der Waals surface area contributed by atoms with Gasteiger partial charge in [-0.1, -0.05) is 18.2 Å². The highest BCUT2D eigenvalue weighted by Gasteiger charge is 2.24. The predicted octanol–water partition coefficient (Wildman–Crippen LogP) is 3.11. The fourth-order valence-electron chi connectivity index (χ4n) is 1.89. The van der Waals surface area contributed by atoms with Gasteiger partial charge in [-0.05, 0) is 23.8 Å². The molecule has 1 saturated heterocycles. The molecule has 6 heteroatoms. The number of rotatable bonds is 5. The Morgan fingerprint density at radius 1 is 1.14 bits per heavy atom. The van der Waals surface area contributed by atoms with Crippen molar-refractivity contribution in [2.45, 2.75) is 0 Å². The lowest BCUT2D eigenvalue weighted by Gasteiger charge is -2.11. The summed E-state index contributed by atoms with van der Waals surface area (Å²) in [5.41, 5.74) is 1.81. The van der Waals surface area contributed by atoms with Gasteiger partial charge in [0.25, 0.3) is 0 Å². The quantitative estimate of drug-likeness (QED) is 0.507. The Balaban J connectivity index is 2.16. The molecule has 1 aromatic carbocycles. The normalized spacial score (nSPS) is 14.4. The van der Waals surface area contributed by atoms with Crippen LogP contribution in [0.3, 0.4) is 0 Å². The molecule has 0 bridgehead atoms. The fraction of sp³-hybridized carbons (Fsp3) is 0.250. The number of benzene rings is 1. The number of carboxylic acids is 1. The number of thioether (sulfide) groups is 2. The Bertz CT molecular complexity index is 625. The molecule has 1 aliphatic heterocycles. The van der Waals surface area contributed by atoms with Crippen LogP contribution in [-0.4, -0.2) is 42.5 Å². The number of anilines is 1. The number of aliphatic carboxylic acids is 1. The monoisotopic (exact) mass is 335 g/mol. The standard InChI is InChI=1S/C16H17NO3S2/c1-17(2)12-6-3-11(4-7-12)5-8-13(18)14(15(19)20)16-21-9-10-22-16/h3-8H,9-10H2,1-2H3,(H,19,20)/b8-5+. The van der Waals surface area contributed by atoms with Crippen LogP contribution in [0.4, 0.5) is 5.69 Å². The van der Waals surface area contributed by atoms with Crippen molar-refractivity contribution in [1.29, 1.82) is 0 Å². The molecule has 1 fully saturated rings. The molecule has 0 unspecified atom stereocenters. The number of hydrogen-bond donors (Lipinski definition) is 1. The summed E-state index contributed by atoms with van der Waals surface area (Å²) in [6.07, 6.45) is 2.98. The summed E-state index contributed by atoms with van der Waals surface area (Å²) >= 11 is 2.87. The molecule has 0 spiro atoms. The highest BCUT2D eigenvalue weighted by atomic mass is 32.2. The minimum atomic E-state index is -1.16. The van der Waals surface area contributed by atoms with E-state index in [-0.39, 0.29) is 5.57 Å². The predicted molar refractivity (Wildman–Crippen MR) is 94.4 cm³/mol. The van der Waals surface area contributed by atoms with Crippen molar-refractivity contribution in [1.82, 2.24) is 0 Å². The second kappa shape index (κ2) is 7.56. The minimum absolute atomic E-state index is 0.117. The number of carbonyl (C=O) groups excluding carboxylic acids is 1. The van der Waals surface area contributed by atoms with Crippen LogP contribution in [-0.2, 0) is 9.59 Å². The van der Waals surface area contributed by atoms with E-state index in [9.17, 15) is 14.7 Å². The zero-order valence-corrected chi connectivity index (χ0v) is 14.0. The first kappa shape index (κ1) is 16.7. The van der Waals surface area contributed by atoms with E-state index < -0.39 is 11.8 Å². The van der Waals surface area contributed by atoms with Gasteiger partial charge >= 0.3 is 5.97 Å². The molecule has 0 radical (unpaired) electrons. The Morgan fingerprint density at radius 2 is 1.73 bits per heavy atom. The molecule has 0 saturated carbocycles. The first-order valence-electron chi connectivity index (χ1n) is 6.72. The maximum atomic E-state index is 12.2. The van der Waals surface area contributed by atoms with Crippen molar-refractivity contribution >= 4 is 47.0 Å². The average Bonchev–Trinajstić information content (AvgIpc) is 2.99. The molecule has 0 aliphatic carbocycles. The van der Waals surface area contributed by atoms with Gasteiger partial charge in [0.15, 0.2) is 5.78 Å². The zero-order valence-electron chi connectivity index (χ0n) is 12.4. The summed E-state index contributed by atoms with van der Waals surface area (Å²) in [7, 11) is 3.91. The Kier molecular flexibility index (Phi) is 5.74. The summed E-state index contributed by atoms with van der Waals surface area (Å²) in [5, 5.41) is 9.25. The first-order chi connectivity index (χ1) is 10.5. The van der Waals surface area contributed by atoms with Gasteiger partial charge in [-0.2, -0.15) is 0 Å². The SMILES string of the molecule is CN(C)c1ccc(/C=C/C(=O)C(C(=O)O)=C2SCCS2)cc1. The van der Waals surface area contributed by atoms with Gasteiger partial charge in [0.1, 0.15) is 5.57 Å². The van der Waals surface area contributed by atoms with E-state index in [2.05, 4.69) is 0 Å². The van der Waals surface area contributed by atoms with E-state index in [1.165, 1.54) is 29.6 Å². The lowest BCUT2D eigenvalue weighted by molar-refractivity contribution is -0.134. The van der Waals surface area contributed by atoms with Gasteiger partial charge in [0.2, 0.25) is 0 Å². The van der Waals surface area contributed by atoms with Crippen LogP contribution in [0.25, 0.3) is 6.08 Å². The molecule has 1 aliphatic rings. The van der Waals surface area contributed by atoms with E-state index in [0.717, 1.165) is 22.8 Å². The van der Waals surface area contributed by atoms with Crippen molar-refractivity contribution in [2.75, 3.05) is 30.5 Å². The minimum Gasteiger partial charge on any atom is -0.477 e. The van der Waals surface area contributed by atoms with Crippen molar-refractivity contribution in [3.63, 3.8) is 0 Å². The van der Waals surface area contributed by atoms with Crippen molar-refractivity contribution < 1.29 is 14.7 Å². The van der Waals surface area contributed by atoms with Crippen LogP contribution in [0.5, 0.6) is 0 Å². The average molecular weight is 335 g/mol. The van der Waals surface area contributed by atoms with E-state index in [1.54, 1.807) is 6.08 Å². The molecule has 0 aromatic heterocycles. The van der Waals surface area contributed by atoms with Crippen molar-refractivity contribution in [3.8, 4) is 0 Å². The molecule has 1 N–H and O–H groups in total. The number of allylic oxidation sites excluding steroid dienone is 1. The molecular weight excluding hydrogens is 318 g/mol. The molecule has 1 aromatic rings. The van der Waals surface area contributed by atoms with E-state index in [1.807, 2.05) is 43.3 Å². The summed E-state index contributed by atoms with van der Waals surface area (Å²) in [6.45, 7) is 0. The van der Waals surface area contributed by atoms with Crippen LogP contribution >= 0.6 is 23.5 Å². The maximum absolute atomic E-state index is 12.2. The van der Waals surface area contributed by atoms with Gasteiger partial charge in [0.05, 0.1) is 4.24 Å². The number of carboxylic acid groups (broad SMARTS) is 1. The number of ketones is 1. The number of nitrogens with zero attached hydrogens (tertiary/aromatic N) is 1. The topological polar surface area (TPSA) is 57.6 Å². The maximum Gasteiger partial charge on any atom is 0.341 e. The molecule has 1 heterocycles. The molecule has 2 rings (SSSR count). The van der Waals surface area contributed by atoms with Gasteiger partial charge in [0, 0.05) is 31.3 Å². The molecule has 0 amide bonds. The Hall–Kier alpha value is -1.66. The fourth-order valence-corrected chi connectivity index (χ4v) is 4.42. The summed E-state index contributed by atoms with van der Waals surface area (Å²) in [6, 6.07) is 7.68. The van der Waals surface area contributed by atoms with E-state index >= 15 is 0 Å². The van der Waals surface area contributed by atoms with Crippen molar-refractivity contribution in [2.24, 2.45) is 0 Å². The third kappa shape index (κ3) is 4.18. The highest BCUT2D eigenvalue weighted by Crippen LogP contribution is 2.39. The molecule has 116 valence electrons. The second-order valence-electron chi connectivity index (χ2n) is 4.85. The first-order valence-corrected chi connectivity index (χ1v) is 8.69. The van der Waals surface area contributed by atoms with Crippen LogP contribution in [0, 0.1) is 0 Å². The van der Waals surface area contributed by atoms with Gasteiger partial charge < -0.3 is 10.0 Å². The van der Waals surface area contributed by atoms with E-state index in [0.29, 0.717) is 4.24 Å². The molecule has 22 heavy (non-hydrogen) atoms. The summed E-state index contributed by atoms with van der Waals surface area (Å²) in [5.74, 6) is 0.0788. The van der Waals surface area contributed by atoms with E-state index in [4.69, 9.17) is 0 Å². The third-order valence-electron chi connectivity index (χ3n) is 3.05. The number of carbonyl (C=O) groups is 2. The number of hydrogen-bond acceptors (Lipinski definition) is 5. The zero-order chi connectivity index (χ0) is 16.1. The smallest absolute Gasteiger partial charge is 0.341 e. The largest absolute Gasteiger partial charge is 0.477 e. The van der Waals surface area contributed by atoms with Crippen LogP contribution in [0.15, 0.2) is 40.2 Å². The molecule has 0 atom stereocenters. The van der Waals surface area contributed by atoms with Gasteiger partial charge in [-0.25, -0.2) is 4.79 Å². The highest BCUT2D eigenvalue weighted by molar-refractivity contribution is 8.25. The lowest BCUT2D eigenvalue weighted by Crippen LogP contribution is -2.11.